The van der Waals surface area contributed by atoms with Gasteiger partial charge in [-0.05, 0) is 49.9 Å². The second kappa shape index (κ2) is 6.75. The smallest absolute Gasteiger partial charge is 0.251 e. The van der Waals surface area contributed by atoms with Gasteiger partial charge in [0.25, 0.3) is 5.56 Å². The number of pyridine rings is 1. The van der Waals surface area contributed by atoms with Gasteiger partial charge in [0.05, 0.1) is 6.61 Å². The first-order valence-electron chi connectivity index (χ1n) is 10.4. The Bertz CT molecular complexity index is 953. The Morgan fingerprint density at radius 1 is 1.14 bits per heavy atom. The van der Waals surface area contributed by atoms with E-state index >= 15 is 0 Å². The summed E-state index contributed by atoms with van der Waals surface area (Å²) in [6, 6.07) is 7.07. The van der Waals surface area contributed by atoms with Crippen molar-refractivity contribution in [3.05, 3.63) is 51.4 Å². The second-order valence-electron chi connectivity index (χ2n) is 8.53. The molecular formula is C23H28N2O3. The predicted molar refractivity (Wildman–Crippen MR) is 109 cm³/mol. The third kappa shape index (κ3) is 2.97. The molecular weight excluding hydrogens is 352 g/mol. The van der Waals surface area contributed by atoms with E-state index < -0.39 is 5.79 Å². The van der Waals surface area contributed by atoms with Crippen LogP contribution in [0, 0.1) is 13.8 Å². The summed E-state index contributed by atoms with van der Waals surface area (Å²) < 4.78 is 12.7. The van der Waals surface area contributed by atoms with Crippen molar-refractivity contribution in [3.8, 4) is 16.9 Å². The van der Waals surface area contributed by atoms with Gasteiger partial charge < -0.3 is 14.5 Å². The van der Waals surface area contributed by atoms with E-state index in [0.717, 1.165) is 65.5 Å². The summed E-state index contributed by atoms with van der Waals surface area (Å²) in [5.74, 6) is 0.477. The largest absolute Gasteiger partial charge is 0.462 e. The molecule has 0 bridgehead atoms. The first-order valence-corrected chi connectivity index (χ1v) is 10.4. The van der Waals surface area contributed by atoms with Gasteiger partial charge >= 0.3 is 0 Å². The number of nitrogens with zero attached hydrogens (tertiary/aromatic N) is 1. The monoisotopic (exact) mass is 380 g/mol. The summed E-state index contributed by atoms with van der Waals surface area (Å²) >= 11 is 0. The van der Waals surface area contributed by atoms with Crippen molar-refractivity contribution in [2.45, 2.75) is 64.4 Å². The minimum Gasteiger partial charge on any atom is -0.462 e. The van der Waals surface area contributed by atoms with Crippen LogP contribution < -0.4 is 10.3 Å². The van der Waals surface area contributed by atoms with Gasteiger partial charge in [0.1, 0.15) is 5.75 Å². The van der Waals surface area contributed by atoms with Crippen molar-refractivity contribution in [3.63, 3.8) is 0 Å². The number of benzene rings is 1. The third-order valence-electron chi connectivity index (χ3n) is 6.96. The van der Waals surface area contributed by atoms with Gasteiger partial charge in [-0.3, -0.25) is 9.69 Å². The van der Waals surface area contributed by atoms with Gasteiger partial charge in [0, 0.05) is 54.9 Å². The Balaban J connectivity index is 1.35. The molecule has 1 N–H and O–H groups in total. The lowest BCUT2D eigenvalue weighted by molar-refractivity contribution is -0.231. The summed E-state index contributed by atoms with van der Waals surface area (Å²) in [6.45, 7) is 6.56. The molecule has 0 atom stereocenters. The van der Waals surface area contributed by atoms with Gasteiger partial charge in [0.2, 0.25) is 5.79 Å². The Labute approximate surface area is 165 Å². The standard InChI is InChI=1S/C23H28N2O3/c1-15-16(2)22(26)24-13-20(15)17-6-7-21-18(12-17)14-27-23(28-21)8-10-25(11-9-23)19-4-3-5-19/h6-7,12-13,19H,3-5,8-11,14H2,1-2H3,(H,24,26). The molecule has 1 spiro atoms. The highest BCUT2D eigenvalue weighted by Crippen LogP contribution is 2.40. The van der Waals surface area contributed by atoms with Crippen LogP contribution in [0.4, 0.5) is 0 Å². The van der Waals surface area contributed by atoms with Gasteiger partial charge in [-0.15, -0.1) is 0 Å². The Hall–Kier alpha value is -2.11. The molecule has 5 rings (SSSR count). The van der Waals surface area contributed by atoms with E-state index in [2.05, 4.69) is 28.1 Å². The fraction of sp³-hybridized carbons (Fsp3) is 0.522. The molecule has 0 unspecified atom stereocenters. The maximum Gasteiger partial charge on any atom is 0.251 e. The SMILES string of the molecule is Cc1c(-c2ccc3c(c2)COC2(CCN(C4CCC4)CC2)O3)c[nH]c(=O)c1C. The van der Waals surface area contributed by atoms with Crippen molar-refractivity contribution in [2.75, 3.05) is 13.1 Å². The average molecular weight is 380 g/mol. The van der Waals surface area contributed by atoms with Crippen LogP contribution in [0.1, 0.15) is 48.8 Å². The molecule has 5 heteroatoms. The maximum absolute atomic E-state index is 11.8. The van der Waals surface area contributed by atoms with E-state index in [9.17, 15) is 4.79 Å². The van der Waals surface area contributed by atoms with Gasteiger partial charge in [-0.25, -0.2) is 0 Å². The molecule has 1 saturated carbocycles. The quantitative estimate of drug-likeness (QED) is 0.858. The molecule has 1 aromatic heterocycles. The number of aromatic amines is 1. The van der Waals surface area contributed by atoms with Crippen molar-refractivity contribution < 1.29 is 9.47 Å². The number of nitrogens with one attached hydrogen (secondary N) is 1. The highest BCUT2D eigenvalue weighted by atomic mass is 16.7. The summed E-state index contributed by atoms with van der Waals surface area (Å²) in [6.07, 6.45) is 7.75. The number of aromatic nitrogens is 1. The average Bonchev–Trinajstić information content (AvgIpc) is 2.67. The van der Waals surface area contributed by atoms with Crippen LogP contribution in [0.3, 0.4) is 0 Å². The van der Waals surface area contributed by atoms with Crippen LogP contribution in [-0.2, 0) is 11.3 Å². The van der Waals surface area contributed by atoms with E-state index in [1.165, 1.54) is 19.3 Å². The van der Waals surface area contributed by atoms with Crippen LogP contribution in [-0.4, -0.2) is 34.8 Å². The minimum absolute atomic E-state index is 0.0268. The van der Waals surface area contributed by atoms with Crippen LogP contribution in [0.15, 0.2) is 29.2 Å². The molecule has 2 aromatic rings. The fourth-order valence-electron chi connectivity index (χ4n) is 4.65. The first-order chi connectivity index (χ1) is 13.5. The van der Waals surface area contributed by atoms with Gasteiger partial charge in [-0.1, -0.05) is 12.5 Å². The number of ether oxygens (including phenoxy) is 2. The number of piperidine rings is 1. The molecule has 1 aromatic carbocycles. The second-order valence-corrected chi connectivity index (χ2v) is 8.53. The normalized spacial score (nSPS) is 21.8. The lowest BCUT2D eigenvalue weighted by Gasteiger charge is -2.47. The van der Waals surface area contributed by atoms with Gasteiger partial charge in [0.15, 0.2) is 0 Å². The lowest BCUT2D eigenvalue weighted by atomic mass is 9.89. The van der Waals surface area contributed by atoms with Crippen molar-refractivity contribution in [2.24, 2.45) is 0 Å². The topological polar surface area (TPSA) is 54.6 Å². The van der Waals surface area contributed by atoms with Crippen LogP contribution in [0.5, 0.6) is 5.75 Å². The molecule has 3 aliphatic rings. The zero-order valence-corrected chi connectivity index (χ0v) is 16.7. The molecule has 1 saturated heterocycles. The molecule has 2 fully saturated rings. The number of hydrogen-bond donors (Lipinski definition) is 1. The zero-order valence-electron chi connectivity index (χ0n) is 16.7. The van der Waals surface area contributed by atoms with Crippen molar-refractivity contribution >= 4 is 0 Å². The van der Waals surface area contributed by atoms with E-state index in [1.807, 2.05) is 13.8 Å². The predicted octanol–water partition coefficient (Wildman–Crippen LogP) is 3.91. The van der Waals surface area contributed by atoms with Crippen LogP contribution in [0.2, 0.25) is 0 Å². The summed E-state index contributed by atoms with van der Waals surface area (Å²) in [5, 5.41) is 0. The highest BCUT2D eigenvalue weighted by molar-refractivity contribution is 5.69. The number of hydrogen-bond acceptors (Lipinski definition) is 4. The summed E-state index contributed by atoms with van der Waals surface area (Å²) in [7, 11) is 0. The minimum atomic E-state index is -0.459. The van der Waals surface area contributed by atoms with Crippen molar-refractivity contribution in [1.82, 2.24) is 9.88 Å². The molecule has 0 radical (unpaired) electrons. The summed E-state index contributed by atoms with van der Waals surface area (Å²) in [4.78, 5) is 17.3. The van der Waals surface area contributed by atoms with Crippen LogP contribution >= 0.6 is 0 Å². The van der Waals surface area contributed by atoms with E-state index in [-0.39, 0.29) is 5.56 Å². The highest BCUT2D eigenvalue weighted by Gasteiger charge is 2.42. The molecule has 1 aliphatic carbocycles. The molecule has 148 valence electrons. The molecule has 28 heavy (non-hydrogen) atoms. The maximum atomic E-state index is 11.8. The molecule has 0 amide bonds. The Morgan fingerprint density at radius 2 is 1.93 bits per heavy atom. The molecule has 3 heterocycles. The first kappa shape index (κ1) is 18.0. The van der Waals surface area contributed by atoms with E-state index in [0.29, 0.717) is 6.61 Å². The summed E-state index contributed by atoms with van der Waals surface area (Å²) in [5.41, 5.74) is 4.96. The fourth-order valence-corrected chi connectivity index (χ4v) is 4.65. The van der Waals surface area contributed by atoms with Crippen molar-refractivity contribution in [1.29, 1.82) is 0 Å². The molecule has 5 nitrogen and oxygen atoms in total. The van der Waals surface area contributed by atoms with Crippen LogP contribution in [0.25, 0.3) is 11.1 Å². The van der Waals surface area contributed by atoms with E-state index in [4.69, 9.17) is 9.47 Å². The number of likely N-dealkylation sites (tertiary alicyclic amines) is 1. The van der Waals surface area contributed by atoms with Gasteiger partial charge in [-0.2, -0.15) is 0 Å². The lowest BCUT2D eigenvalue weighted by Crippen LogP contribution is -2.54. The number of H-pyrrole nitrogens is 1. The van der Waals surface area contributed by atoms with E-state index in [1.54, 1.807) is 6.20 Å². The Kier molecular flexibility index (Phi) is 4.33. The number of fused-ring (bicyclic) bond motifs is 1. The Morgan fingerprint density at radius 3 is 2.64 bits per heavy atom. The zero-order chi connectivity index (χ0) is 19.3. The third-order valence-corrected chi connectivity index (χ3v) is 6.96. The number of rotatable bonds is 2. The molecule has 2 aliphatic heterocycles.